The number of hydrogen-bond donors (Lipinski definition) is 0. The van der Waals surface area contributed by atoms with Gasteiger partial charge in [0.25, 0.3) is 0 Å². The molecule has 6 rings (SSSR count). The summed E-state index contributed by atoms with van der Waals surface area (Å²) in [6.45, 7) is 7.58. The highest BCUT2D eigenvalue weighted by Gasteiger charge is 2.48. The smallest absolute Gasteiger partial charge is 0.319 e. The van der Waals surface area contributed by atoms with E-state index in [0.29, 0.717) is 37.0 Å². The second-order valence-corrected chi connectivity index (χ2v) is 11.0. The maximum atomic E-state index is 14.8. The van der Waals surface area contributed by atoms with Crippen LogP contribution in [0.25, 0.3) is 10.9 Å². The van der Waals surface area contributed by atoms with Gasteiger partial charge in [0.15, 0.2) is 5.82 Å². The number of halogens is 1. The van der Waals surface area contributed by atoms with Crippen molar-refractivity contribution in [1.82, 2.24) is 19.9 Å². The van der Waals surface area contributed by atoms with Crippen molar-refractivity contribution in [2.75, 3.05) is 64.1 Å². The molecule has 1 saturated carbocycles. The highest BCUT2D eigenvalue weighted by molar-refractivity contribution is 5.89. The summed E-state index contributed by atoms with van der Waals surface area (Å²) in [7, 11) is 0. The molecule has 0 bridgehead atoms. The van der Waals surface area contributed by atoms with E-state index in [9.17, 15) is 4.39 Å². The van der Waals surface area contributed by atoms with E-state index in [0.717, 1.165) is 38.7 Å². The summed E-state index contributed by atoms with van der Waals surface area (Å²) in [5.41, 5.74) is 0.398. The number of rotatable bonds is 6. The molecule has 0 aromatic carbocycles. The third-order valence-corrected chi connectivity index (χ3v) is 8.79. The molecular formula is C27H38FN5O3. The van der Waals surface area contributed by atoms with Crippen molar-refractivity contribution in [3.05, 3.63) is 18.2 Å². The van der Waals surface area contributed by atoms with Crippen molar-refractivity contribution in [3.63, 3.8) is 0 Å². The summed E-state index contributed by atoms with van der Waals surface area (Å²) in [4.78, 5) is 18.3. The van der Waals surface area contributed by atoms with Crippen LogP contribution in [0.15, 0.2) is 12.4 Å². The van der Waals surface area contributed by atoms with Gasteiger partial charge < -0.3 is 19.1 Å². The van der Waals surface area contributed by atoms with Crippen LogP contribution in [0.2, 0.25) is 0 Å². The quantitative estimate of drug-likeness (QED) is 0.594. The predicted octanol–water partition coefficient (Wildman–Crippen LogP) is 3.83. The number of piperidine rings is 1. The Kier molecular flexibility index (Phi) is 7.22. The Bertz CT molecular complexity index is 1040. The maximum Gasteiger partial charge on any atom is 0.319 e. The number of ether oxygens (including phenoxy) is 3. The number of hydrogen-bond acceptors (Lipinski definition) is 8. The van der Waals surface area contributed by atoms with Gasteiger partial charge in [0.05, 0.1) is 24.8 Å². The van der Waals surface area contributed by atoms with Crippen molar-refractivity contribution in [3.8, 4) is 6.01 Å². The molecule has 9 heteroatoms. The second-order valence-electron chi connectivity index (χ2n) is 11.0. The van der Waals surface area contributed by atoms with Crippen LogP contribution >= 0.6 is 0 Å². The topological polar surface area (TPSA) is 72.8 Å². The molecule has 2 aromatic heterocycles. The van der Waals surface area contributed by atoms with Crippen LogP contribution in [-0.2, 0) is 9.47 Å². The number of anilines is 1. The molecule has 3 saturated heterocycles. The van der Waals surface area contributed by atoms with Gasteiger partial charge in [0.1, 0.15) is 11.3 Å². The third-order valence-electron chi connectivity index (χ3n) is 8.79. The van der Waals surface area contributed by atoms with Crippen molar-refractivity contribution in [1.29, 1.82) is 0 Å². The fraction of sp³-hybridized carbons (Fsp3) is 0.741. The van der Waals surface area contributed by atoms with Gasteiger partial charge in [-0.25, -0.2) is 4.39 Å². The van der Waals surface area contributed by atoms with Crippen LogP contribution in [-0.4, -0.2) is 85.1 Å². The zero-order valence-corrected chi connectivity index (χ0v) is 21.2. The van der Waals surface area contributed by atoms with Crippen molar-refractivity contribution in [2.24, 2.45) is 11.3 Å². The standard InChI is InChI=1S/C27H38FN5O3/c28-22-17-29-16-21-24(22)30-26(31-25(21)32-10-3-12-34-15-11-32)36-19-27-7-1-4-23(27)33(9-2-8-27)18-20-5-13-35-14-6-20/h16-17,20,23H,1-15,18-19H2/t23-,27-/m1/s1. The number of pyridine rings is 1. The van der Waals surface area contributed by atoms with Crippen LogP contribution in [0.4, 0.5) is 10.2 Å². The molecule has 4 aliphatic rings. The van der Waals surface area contributed by atoms with E-state index >= 15 is 0 Å². The number of likely N-dealkylation sites (tertiary alicyclic amines) is 1. The SMILES string of the molecule is Fc1cncc2c(N3CCCOCC3)nc(OC[C@]34CCC[C@H]3N(CC3CCOCC3)CCC4)nc12. The summed E-state index contributed by atoms with van der Waals surface area (Å²) < 4.78 is 32.4. The van der Waals surface area contributed by atoms with E-state index in [4.69, 9.17) is 19.2 Å². The Morgan fingerprint density at radius 3 is 2.72 bits per heavy atom. The fourth-order valence-electron chi connectivity index (χ4n) is 6.94. The summed E-state index contributed by atoms with van der Waals surface area (Å²) in [5, 5.41) is 0.626. The molecule has 0 spiro atoms. The fourth-order valence-corrected chi connectivity index (χ4v) is 6.94. The Balaban J connectivity index is 1.23. The van der Waals surface area contributed by atoms with Gasteiger partial charge in [-0.05, 0) is 57.4 Å². The molecule has 0 amide bonds. The Morgan fingerprint density at radius 2 is 1.81 bits per heavy atom. The van der Waals surface area contributed by atoms with Crippen LogP contribution in [0.5, 0.6) is 6.01 Å². The largest absolute Gasteiger partial charge is 0.463 e. The third kappa shape index (κ3) is 4.89. The first-order valence-corrected chi connectivity index (χ1v) is 13.8. The average Bonchev–Trinajstić information content (AvgIpc) is 3.16. The first kappa shape index (κ1) is 24.2. The van der Waals surface area contributed by atoms with Crippen LogP contribution in [0.1, 0.15) is 51.4 Å². The summed E-state index contributed by atoms with van der Waals surface area (Å²) in [6.07, 6.45) is 12.1. The first-order chi connectivity index (χ1) is 17.7. The van der Waals surface area contributed by atoms with Crippen molar-refractivity contribution in [2.45, 2.75) is 57.4 Å². The van der Waals surface area contributed by atoms with E-state index in [1.807, 2.05) is 0 Å². The van der Waals surface area contributed by atoms with Gasteiger partial charge in [-0.2, -0.15) is 9.97 Å². The van der Waals surface area contributed by atoms with Crippen LogP contribution in [0, 0.1) is 17.2 Å². The lowest BCUT2D eigenvalue weighted by Gasteiger charge is -2.47. The number of nitrogens with zero attached hydrogens (tertiary/aromatic N) is 5. The molecule has 1 aliphatic carbocycles. The molecule has 196 valence electrons. The van der Waals surface area contributed by atoms with Gasteiger partial charge in [-0.3, -0.25) is 9.88 Å². The number of aromatic nitrogens is 3. The zero-order valence-electron chi connectivity index (χ0n) is 21.2. The molecule has 0 N–H and O–H groups in total. The Morgan fingerprint density at radius 1 is 0.944 bits per heavy atom. The lowest BCUT2D eigenvalue weighted by atomic mass is 9.75. The molecule has 8 nitrogen and oxygen atoms in total. The van der Waals surface area contributed by atoms with Crippen LogP contribution in [0.3, 0.4) is 0 Å². The van der Waals surface area contributed by atoms with Crippen molar-refractivity contribution < 1.29 is 18.6 Å². The minimum atomic E-state index is -0.440. The summed E-state index contributed by atoms with van der Waals surface area (Å²) in [5.74, 6) is 0.985. The lowest BCUT2D eigenvalue weighted by molar-refractivity contribution is -0.0203. The molecule has 0 unspecified atom stereocenters. The van der Waals surface area contributed by atoms with Gasteiger partial charge in [0, 0.05) is 57.1 Å². The molecule has 2 atom stereocenters. The highest BCUT2D eigenvalue weighted by atomic mass is 19.1. The molecule has 3 aliphatic heterocycles. The number of fused-ring (bicyclic) bond motifs is 2. The van der Waals surface area contributed by atoms with E-state index < -0.39 is 5.82 Å². The van der Waals surface area contributed by atoms with Crippen molar-refractivity contribution >= 4 is 16.7 Å². The predicted molar refractivity (Wildman–Crippen MR) is 135 cm³/mol. The first-order valence-electron chi connectivity index (χ1n) is 13.8. The Hall–Kier alpha value is -2.10. The van der Waals surface area contributed by atoms with Crippen LogP contribution < -0.4 is 9.64 Å². The highest BCUT2D eigenvalue weighted by Crippen LogP contribution is 2.48. The molecule has 2 aromatic rings. The van der Waals surface area contributed by atoms with E-state index in [2.05, 4.69) is 19.8 Å². The molecular weight excluding hydrogens is 461 g/mol. The maximum absolute atomic E-state index is 14.8. The van der Waals surface area contributed by atoms with Gasteiger partial charge in [-0.15, -0.1) is 0 Å². The molecule has 0 radical (unpaired) electrons. The summed E-state index contributed by atoms with van der Waals surface area (Å²) >= 11 is 0. The second kappa shape index (κ2) is 10.7. The van der Waals surface area contributed by atoms with Gasteiger partial charge >= 0.3 is 6.01 Å². The van der Waals surface area contributed by atoms with E-state index in [-0.39, 0.29) is 16.9 Å². The van der Waals surface area contributed by atoms with E-state index in [1.165, 1.54) is 64.2 Å². The van der Waals surface area contributed by atoms with Gasteiger partial charge in [0.2, 0.25) is 0 Å². The lowest BCUT2D eigenvalue weighted by Crippen LogP contribution is -2.53. The minimum absolute atomic E-state index is 0.120. The van der Waals surface area contributed by atoms with Gasteiger partial charge in [-0.1, -0.05) is 6.42 Å². The average molecular weight is 500 g/mol. The monoisotopic (exact) mass is 499 g/mol. The molecule has 5 heterocycles. The Labute approximate surface area is 212 Å². The van der Waals surface area contributed by atoms with E-state index in [1.54, 1.807) is 6.20 Å². The summed E-state index contributed by atoms with van der Waals surface area (Å²) in [6, 6.07) is 0.812. The minimum Gasteiger partial charge on any atom is -0.463 e. The molecule has 4 fully saturated rings. The molecule has 36 heavy (non-hydrogen) atoms. The normalized spacial score (nSPS) is 28.2. The zero-order chi connectivity index (χ0) is 24.4.